The molecule has 1 atom stereocenters. The van der Waals surface area contributed by atoms with Crippen molar-refractivity contribution in [1.82, 2.24) is 10.6 Å². The summed E-state index contributed by atoms with van der Waals surface area (Å²) < 4.78 is 4.65. The number of piperidine rings is 1. The van der Waals surface area contributed by atoms with Gasteiger partial charge in [0.05, 0.1) is 12.7 Å². The number of amides is 2. The van der Waals surface area contributed by atoms with Gasteiger partial charge in [-0.15, -0.1) is 0 Å². The van der Waals surface area contributed by atoms with Crippen molar-refractivity contribution in [3.8, 4) is 0 Å². The van der Waals surface area contributed by atoms with Crippen molar-refractivity contribution in [3.05, 3.63) is 29.8 Å². The first-order valence-corrected chi connectivity index (χ1v) is 8.91. The molecule has 1 aliphatic heterocycles. The Morgan fingerprint density at radius 2 is 1.80 bits per heavy atom. The van der Waals surface area contributed by atoms with E-state index in [4.69, 9.17) is 0 Å². The van der Waals surface area contributed by atoms with Crippen molar-refractivity contribution in [3.63, 3.8) is 0 Å². The third-order valence-electron chi connectivity index (χ3n) is 4.85. The fourth-order valence-corrected chi connectivity index (χ4v) is 2.88. The number of hydrogen-bond acceptors (Lipinski definition) is 4. The zero-order valence-electron chi connectivity index (χ0n) is 15.5. The summed E-state index contributed by atoms with van der Waals surface area (Å²) in [7, 11) is 1.37. The van der Waals surface area contributed by atoms with Gasteiger partial charge in [-0.1, -0.05) is 26.0 Å². The average molecular weight is 347 g/mol. The summed E-state index contributed by atoms with van der Waals surface area (Å²) >= 11 is 0. The highest BCUT2D eigenvalue weighted by atomic mass is 16.5. The number of nitrogens with one attached hydrogen (secondary N) is 2. The van der Waals surface area contributed by atoms with Gasteiger partial charge in [-0.2, -0.15) is 0 Å². The van der Waals surface area contributed by atoms with E-state index in [1.807, 2.05) is 31.2 Å². The van der Waals surface area contributed by atoms with E-state index in [0.717, 1.165) is 31.6 Å². The summed E-state index contributed by atoms with van der Waals surface area (Å²) in [6.45, 7) is 7.79. The molecule has 0 aliphatic carbocycles. The van der Waals surface area contributed by atoms with Crippen LogP contribution in [0.5, 0.6) is 0 Å². The van der Waals surface area contributed by atoms with Crippen LogP contribution in [0.3, 0.4) is 0 Å². The molecule has 1 aliphatic rings. The van der Waals surface area contributed by atoms with E-state index in [-0.39, 0.29) is 24.1 Å². The monoisotopic (exact) mass is 347 g/mol. The molecular formula is C19H29N3O3. The molecule has 1 aromatic carbocycles. The number of para-hydroxylation sites is 1. The second kappa shape index (κ2) is 8.74. The Kier molecular flexibility index (Phi) is 6.67. The number of benzene rings is 1. The minimum Gasteiger partial charge on any atom is -0.453 e. The van der Waals surface area contributed by atoms with Crippen molar-refractivity contribution >= 4 is 17.7 Å². The Morgan fingerprint density at radius 3 is 2.40 bits per heavy atom. The van der Waals surface area contributed by atoms with E-state index in [1.54, 1.807) is 0 Å². The molecule has 0 saturated carbocycles. The molecule has 2 rings (SSSR count). The third kappa shape index (κ3) is 5.11. The predicted octanol–water partition coefficient (Wildman–Crippen LogP) is 2.79. The largest absolute Gasteiger partial charge is 0.453 e. The second-order valence-electron chi connectivity index (χ2n) is 6.92. The van der Waals surface area contributed by atoms with Gasteiger partial charge in [-0.3, -0.25) is 4.79 Å². The third-order valence-corrected chi connectivity index (χ3v) is 4.85. The first-order valence-electron chi connectivity index (χ1n) is 8.91. The molecule has 1 saturated heterocycles. The van der Waals surface area contributed by atoms with Crippen LogP contribution in [0.15, 0.2) is 24.3 Å². The van der Waals surface area contributed by atoms with Gasteiger partial charge in [-0.05, 0) is 37.8 Å². The number of carbonyl (C=O) groups excluding carboxylic acids is 2. The van der Waals surface area contributed by atoms with Crippen LogP contribution in [0, 0.1) is 5.92 Å². The van der Waals surface area contributed by atoms with E-state index in [2.05, 4.69) is 34.1 Å². The van der Waals surface area contributed by atoms with Crippen LogP contribution >= 0.6 is 0 Å². The summed E-state index contributed by atoms with van der Waals surface area (Å²) in [4.78, 5) is 26.2. The topological polar surface area (TPSA) is 70.7 Å². The Bertz CT molecular complexity index is 595. The van der Waals surface area contributed by atoms with Gasteiger partial charge in [0.25, 0.3) is 5.91 Å². The van der Waals surface area contributed by atoms with E-state index in [0.29, 0.717) is 11.5 Å². The van der Waals surface area contributed by atoms with Crippen molar-refractivity contribution in [1.29, 1.82) is 0 Å². The van der Waals surface area contributed by atoms with Crippen molar-refractivity contribution < 1.29 is 14.3 Å². The molecule has 1 aromatic rings. The lowest BCUT2D eigenvalue weighted by Gasteiger charge is -2.34. The molecule has 2 amide bonds. The molecule has 6 heteroatoms. The lowest BCUT2D eigenvalue weighted by atomic mass is 10.0. The van der Waals surface area contributed by atoms with Crippen molar-refractivity contribution in [2.24, 2.45) is 5.92 Å². The standard InChI is InChI=1S/C19H29N3O3/c1-13(2)14(3)20-18(23)16-7-5-6-8-17(16)22-11-9-15(10-12-22)21-19(24)25-4/h5-8,13-15H,9-12H2,1-4H3,(H,20,23)(H,21,24)/t14-/m0/s1. The quantitative estimate of drug-likeness (QED) is 0.859. The van der Waals surface area contributed by atoms with Gasteiger partial charge in [0, 0.05) is 30.9 Å². The minimum atomic E-state index is -0.388. The summed E-state index contributed by atoms with van der Waals surface area (Å²) in [5.41, 5.74) is 1.65. The van der Waals surface area contributed by atoms with Crippen molar-refractivity contribution in [2.45, 2.75) is 45.7 Å². The molecule has 0 aromatic heterocycles. The maximum Gasteiger partial charge on any atom is 0.407 e. The van der Waals surface area contributed by atoms with E-state index >= 15 is 0 Å². The molecule has 0 bridgehead atoms. The molecule has 138 valence electrons. The molecule has 1 heterocycles. The fraction of sp³-hybridized carbons (Fsp3) is 0.579. The van der Waals surface area contributed by atoms with Crippen LogP contribution in [0.2, 0.25) is 0 Å². The highest BCUT2D eigenvalue weighted by Gasteiger charge is 2.24. The zero-order chi connectivity index (χ0) is 18.4. The Labute approximate surface area is 149 Å². The summed E-state index contributed by atoms with van der Waals surface area (Å²) in [6.07, 6.45) is 1.27. The van der Waals surface area contributed by atoms with Gasteiger partial charge < -0.3 is 20.3 Å². The number of carbonyl (C=O) groups is 2. The highest BCUT2D eigenvalue weighted by Crippen LogP contribution is 2.24. The molecule has 1 fully saturated rings. The first kappa shape index (κ1) is 19.1. The van der Waals surface area contributed by atoms with E-state index < -0.39 is 0 Å². The summed E-state index contributed by atoms with van der Waals surface area (Å²) in [6, 6.07) is 7.95. The van der Waals surface area contributed by atoms with Crippen LogP contribution in [-0.4, -0.2) is 44.3 Å². The van der Waals surface area contributed by atoms with Gasteiger partial charge in [0.1, 0.15) is 0 Å². The van der Waals surface area contributed by atoms with Gasteiger partial charge >= 0.3 is 6.09 Å². The van der Waals surface area contributed by atoms with E-state index in [1.165, 1.54) is 7.11 Å². The first-order chi connectivity index (χ1) is 11.9. The minimum absolute atomic E-state index is 0.0355. The number of rotatable bonds is 5. The summed E-state index contributed by atoms with van der Waals surface area (Å²) in [5, 5.41) is 5.93. The molecule has 2 N–H and O–H groups in total. The van der Waals surface area contributed by atoms with Crippen LogP contribution in [0.4, 0.5) is 10.5 Å². The molecule has 0 spiro atoms. The fourth-order valence-electron chi connectivity index (χ4n) is 2.88. The number of hydrogen-bond donors (Lipinski definition) is 2. The van der Waals surface area contributed by atoms with Crippen LogP contribution in [0.1, 0.15) is 44.0 Å². The molecular weight excluding hydrogens is 318 g/mol. The van der Waals surface area contributed by atoms with Crippen LogP contribution in [0.25, 0.3) is 0 Å². The van der Waals surface area contributed by atoms with Gasteiger partial charge in [0.2, 0.25) is 0 Å². The maximum absolute atomic E-state index is 12.7. The number of nitrogens with zero attached hydrogens (tertiary/aromatic N) is 1. The lowest BCUT2D eigenvalue weighted by molar-refractivity contribution is 0.0931. The second-order valence-corrected chi connectivity index (χ2v) is 6.92. The maximum atomic E-state index is 12.7. The summed E-state index contributed by atoms with van der Waals surface area (Å²) in [5.74, 6) is 0.350. The smallest absolute Gasteiger partial charge is 0.407 e. The van der Waals surface area contributed by atoms with Gasteiger partial charge in [0.15, 0.2) is 0 Å². The van der Waals surface area contributed by atoms with Crippen LogP contribution < -0.4 is 15.5 Å². The van der Waals surface area contributed by atoms with E-state index in [9.17, 15) is 9.59 Å². The van der Waals surface area contributed by atoms with Crippen LogP contribution in [-0.2, 0) is 4.74 Å². The van der Waals surface area contributed by atoms with Gasteiger partial charge in [-0.25, -0.2) is 4.79 Å². The number of anilines is 1. The predicted molar refractivity (Wildman–Crippen MR) is 99.0 cm³/mol. The molecule has 0 radical (unpaired) electrons. The SMILES string of the molecule is COC(=O)NC1CCN(c2ccccc2C(=O)N[C@@H](C)C(C)C)CC1. The molecule has 6 nitrogen and oxygen atoms in total. The highest BCUT2D eigenvalue weighted by molar-refractivity contribution is 6.00. The van der Waals surface area contributed by atoms with Crippen molar-refractivity contribution in [2.75, 3.05) is 25.1 Å². The Hall–Kier alpha value is -2.24. The molecule has 25 heavy (non-hydrogen) atoms. The number of alkyl carbamates (subject to hydrolysis) is 1. The normalized spacial score (nSPS) is 16.4. The zero-order valence-corrected chi connectivity index (χ0v) is 15.5. The molecule has 0 unspecified atom stereocenters. The number of ether oxygens (including phenoxy) is 1. The Balaban J connectivity index is 2.04. The number of methoxy groups -OCH3 is 1. The lowest BCUT2D eigenvalue weighted by Crippen LogP contribution is -2.45. The Morgan fingerprint density at radius 1 is 1.16 bits per heavy atom. The average Bonchev–Trinajstić information content (AvgIpc) is 2.62.